The third-order valence-corrected chi connectivity index (χ3v) is 8.90. The molecule has 0 aliphatic carbocycles. The van der Waals surface area contributed by atoms with Crippen molar-refractivity contribution in [3.8, 4) is 0 Å². The maximum Gasteiger partial charge on any atom is 0.334 e. The van der Waals surface area contributed by atoms with Crippen LogP contribution in [0, 0.1) is 0 Å². The summed E-state index contributed by atoms with van der Waals surface area (Å²) in [7, 11) is 0. The standard InChI is InChI=1S/C33H34N6O4S/c1-2-15-37-20-30(41)38-27(16-23-11-13-25(21-40)14-12-23)32(42)36(18-26-9-6-10-28-31(26)35-22-44-28)19-29(38)39(37)33(43)34-17-24-7-4-3-5-8-24/h2-14,22,27,29,40H,1,15-21H2,(H,34,43)/t27-,29-/m0/s1. The molecule has 4 amide bonds. The van der Waals surface area contributed by atoms with Crippen LogP contribution in [-0.2, 0) is 35.7 Å². The fraction of sp³-hybridized carbons (Fsp3) is 0.273. The number of benzene rings is 3. The Labute approximate surface area is 259 Å². The van der Waals surface area contributed by atoms with Gasteiger partial charge in [0.25, 0.3) is 0 Å². The number of carbonyl (C=O) groups is 3. The fourth-order valence-corrected chi connectivity index (χ4v) is 6.70. The van der Waals surface area contributed by atoms with Gasteiger partial charge in [0.15, 0.2) is 0 Å². The van der Waals surface area contributed by atoms with Crippen molar-refractivity contribution in [1.29, 1.82) is 0 Å². The minimum Gasteiger partial charge on any atom is -0.392 e. The molecule has 0 spiro atoms. The van der Waals surface area contributed by atoms with Gasteiger partial charge < -0.3 is 20.2 Å². The average Bonchev–Trinajstić information content (AvgIpc) is 3.53. The SMILES string of the molecule is C=CCN1CC(=O)N2[C@@H](Cc3ccc(CO)cc3)C(=O)N(Cc3cccc4scnc34)C[C@@H]2N1C(=O)NCc1ccccc1. The van der Waals surface area contributed by atoms with Gasteiger partial charge in [-0.05, 0) is 28.3 Å². The number of nitrogens with one attached hydrogen (secondary N) is 1. The zero-order valence-corrected chi connectivity index (χ0v) is 25.0. The molecule has 44 heavy (non-hydrogen) atoms. The second kappa shape index (κ2) is 13.0. The van der Waals surface area contributed by atoms with Crippen molar-refractivity contribution in [1.82, 2.24) is 30.1 Å². The molecule has 4 aromatic rings. The molecule has 1 aromatic heterocycles. The first-order valence-corrected chi connectivity index (χ1v) is 15.4. The lowest BCUT2D eigenvalue weighted by molar-refractivity contribution is -0.189. The van der Waals surface area contributed by atoms with Gasteiger partial charge in [-0.25, -0.2) is 19.8 Å². The van der Waals surface area contributed by atoms with Gasteiger partial charge in [-0.15, -0.1) is 17.9 Å². The number of carbonyl (C=O) groups excluding carboxylic acids is 3. The molecule has 3 heterocycles. The number of nitrogens with zero attached hydrogens (tertiary/aromatic N) is 5. The van der Waals surface area contributed by atoms with E-state index < -0.39 is 12.2 Å². The summed E-state index contributed by atoms with van der Waals surface area (Å²) in [6, 6.07) is 21.7. The van der Waals surface area contributed by atoms with Crippen LogP contribution in [-0.4, -0.2) is 79.6 Å². The van der Waals surface area contributed by atoms with E-state index in [1.807, 2.05) is 72.8 Å². The van der Waals surface area contributed by atoms with Crippen LogP contribution in [0.4, 0.5) is 4.79 Å². The van der Waals surface area contributed by atoms with Gasteiger partial charge in [-0.1, -0.05) is 72.8 Å². The molecule has 226 valence electrons. The number of rotatable bonds is 9. The number of fused-ring (bicyclic) bond motifs is 2. The van der Waals surface area contributed by atoms with E-state index >= 15 is 0 Å². The zero-order valence-electron chi connectivity index (χ0n) is 24.2. The zero-order chi connectivity index (χ0) is 30.6. The molecular weight excluding hydrogens is 576 g/mol. The van der Waals surface area contributed by atoms with E-state index in [0.29, 0.717) is 13.1 Å². The molecule has 2 N–H and O–H groups in total. The second-order valence-electron chi connectivity index (χ2n) is 10.9. The average molecular weight is 611 g/mol. The van der Waals surface area contributed by atoms with Crippen molar-refractivity contribution in [2.75, 3.05) is 19.6 Å². The van der Waals surface area contributed by atoms with Crippen molar-refractivity contribution in [2.45, 2.75) is 38.3 Å². The van der Waals surface area contributed by atoms with Crippen LogP contribution in [0.1, 0.15) is 22.3 Å². The molecule has 0 bridgehead atoms. The third kappa shape index (κ3) is 5.94. The van der Waals surface area contributed by atoms with Gasteiger partial charge in [0.1, 0.15) is 12.2 Å². The Morgan fingerprint density at radius 3 is 2.55 bits per heavy atom. The van der Waals surface area contributed by atoms with Crippen LogP contribution in [0.25, 0.3) is 10.2 Å². The molecule has 6 rings (SSSR count). The highest BCUT2D eigenvalue weighted by molar-refractivity contribution is 7.16. The number of amides is 4. The van der Waals surface area contributed by atoms with Crippen LogP contribution in [0.2, 0.25) is 0 Å². The number of aliphatic hydroxyl groups is 1. The molecule has 10 nitrogen and oxygen atoms in total. The molecule has 2 aliphatic heterocycles. The maximum atomic E-state index is 14.3. The number of hydrazine groups is 1. The van der Waals surface area contributed by atoms with Gasteiger partial charge in [0, 0.05) is 26.1 Å². The molecule has 2 atom stereocenters. The molecule has 0 saturated carbocycles. The van der Waals surface area contributed by atoms with E-state index in [9.17, 15) is 19.5 Å². The van der Waals surface area contributed by atoms with Crippen LogP contribution in [0.3, 0.4) is 0 Å². The first kappa shape index (κ1) is 29.5. The summed E-state index contributed by atoms with van der Waals surface area (Å²) in [5.41, 5.74) is 6.09. The Morgan fingerprint density at radius 2 is 1.80 bits per heavy atom. The Bertz CT molecular complexity index is 1660. The van der Waals surface area contributed by atoms with Gasteiger partial charge in [0.2, 0.25) is 11.8 Å². The molecule has 11 heteroatoms. The largest absolute Gasteiger partial charge is 0.392 e. The minimum atomic E-state index is -0.828. The lowest BCUT2D eigenvalue weighted by Crippen LogP contribution is -2.76. The molecule has 2 fully saturated rings. The number of para-hydroxylation sites is 1. The van der Waals surface area contributed by atoms with Crippen LogP contribution in [0.15, 0.2) is 91.0 Å². The normalized spacial score (nSPS) is 18.9. The van der Waals surface area contributed by atoms with Crippen LogP contribution >= 0.6 is 11.3 Å². The number of aliphatic hydroxyl groups excluding tert-OH is 1. The lowest BCUT2D eigenvalue weighted by Gasteiger charge is -2.55. The van der Waals surface area contributed by atoms with Crippen LogP contribution in [0.5, 0.6) is 0 Å². The van der Waals surface area contributed by atoms with E-state index in [4.69, 9.17) is 0 Å². The molecule has 2 aliphatic rings. The van der Waals surface area contributed by atoms with Crippen molar-refractivity contribution in [3.63, 3.8) is 0 Å². The number of piperazine rings is 1. The number of thiazole rings is 1. The Morgan fingerprint density at radius 1 is 1.02 bits per heavy atom. The fourth-order valence-electron chi connectivity index (χ4n) is 5.98. The molecular formula is C33H34N6O4S. The quantitative estimate of drug-likeness (QED) is 0.281. The van der Waals surface area contributed by atoms with E-state index in [1.165, 1.54) is 11.3 Å². The Kier molecular flexibility index (Phi) is 8.69. The number of aromatic nitrogens is 1. The van der Waals surface area contributed by atoms with Crippen molar-refractivity contribution >= 4 is 39.4 Å². The smallest absolute Gasteiger partial charge is 0.334 e. The highest BCUT2D eigenvalue weighted by atomic mass is 32.1. The summed E-state index contributed by atoms with van der Waals surface area (Å²) < 4.78 is 1.03. The highest BCUT2D eigenvalue weighted by Crippen LogP contribution is 2.31. The third-order valence-electron chi connectivity index (χ3n) is 8.10. The summed E-state index contributed by atoms with van der Waals surface area (Å²) in [5.74, 6) is -0.412. The first-order valence-electron chi connectivity index (χ1n) is 14.5. The maximum absolute atomic E-state index is 14.3. The number of urea groups is 1. The summed E-state index contributed by atoms with van der Waals surface area (Å²) in [5, 5.41) is 15.8. The summed E-state index contributed by atoms with van der Waals surface area (Å²) >= 11 is 1.54. The van der Waals surface area contributed by atoms with Gasteiger partial charge in [-0.2, -0.15) is 0 Å². The van der Waals surface area contributed by atoms with Crippen molar-refractivity contribution in [3.05, 3.63) is 113 Å². The molecule has 3 aromatic carbocycles. The summed E-state index contributed by atoms with van der Waals surface area (Å²) in [6.07, 6.45) is 1.20. The minimum absolute atomic E-state index is 0.0629. The predicted molar refractivity (Wildman–Crippen MR) is 168 cm³/mol. The number of hydrogen-bond acceptors (Lipinski definition) is 7. The van der Waals surface area contributed by atoms with Crippen molar-refractivity contribution in [2.24, 2.45) is 0 Å². The number of hydrogen-bond donors (Lipinski definition) is 2. The van der Waals surface area contributed by atoms with E-state index in [0.717, 1.165) is 32.5 Å². The van der Waals surface area contributed by atoms with E-state index in [1.54, 1.807) is 31.4 Å². The molecule has 0 unspecified atom stereocenters. The van der Waals surface area contributed by atoms with E-state index in [2.05, 4.69) is 16.9 Å². The van der Waals surface area contributed by atoms with Crippen molar-refractivity contribution < 1.29 is 19.5 Å². The second-order valence-corrected chi connectivity index (χ2v) is 11.8. The summed E-state index contributed by atoms with van der Waals surface area (Å²) in [6.45, 7) is 4.73. The monoisotopic (exact) mass is 610 g/mol. The molecule has 2 saturated heterocycles. The van der Waals surface area contributed by atoms with E-state index in [-0.39, 0.29) is 50.5 Å². The Balaban J connectivity index is 1.36. The topological polar surface area (TPSA) is 109 Å². The highest BCUT2D eigenvalue weighted by Gasteiger charge is 2.51. The summed E-state index contributed by atoms with van der Waals surface area (Å²) in [4.78, 5) is 49.8. The molecule has 0 radical (unpaired) electrons. The lowest BCUT2D eigenvalue weighted by atomic mass is 9.97. The Hall–Kier alpha value is -4.58. The van der Waals surface area contributed by atoms with Gasteiger partial charge >= 0.3 is 6.03 Å². The van der Waals surface area contributed by atoms with Gasteiger partial charge in [0.05, 0.1) is 35.4 Å². The van der Waals surface area contributed by atoms with Gasteiger partial charge in [-0.3, -0.25) is 9.59 Å². The predicted octanol–water partition coefficient (Wildman–Crippen LogP) is 3.53. The van der Waals surface area contributed by atoms with Crippen LogP contribution < -0.4 is 5.32 Å². The first-order chi connectivity index (χ1) is 21.5.